The summed E-state index contributed by atoms with van der Waals surface area (Å²) in [5.41, 5.74) is 1.52. The van der Waals surface area contributed by atoms with E-state index in [9.17, 15) is 9.59 Å². The Bertz CT molecular complexity index is 1000. The van der Waals surface area contributed by atoms with Crippen LogP contribution in [0, 0.1) is 17.8 Å². The molecule has 2 saturated carbocycles. The van der Waals surface area contributed by atoms with Gasteiger partial charge in [-0.05, 0) is 56.7 Å². The topological polar surface area (TPSA) is 59.5 Å². The molecule has 170 valence electrons. The summed E-state index contributed by atoms with van der Waals surface area (Å²) in [7, 11) is 0. The third-order valence-corrected chi connectivity index (χ3v) is 8.41. The van der Waals surface area contributed by atoms with E-state index in [4.69, 9.17) is 32.9 Å². The minimum absolute atomic E-state index is 0.0233. The number of thiazole rings is 1. The molecular weight excluding hydrogens is 467 g/mol. The number of rotatable bonds is 5. The summed E-state index contributed by atoms with van der Waals surface area (Å²) in [4.78, 5) is 32.9. The second-order valence-corrected chi connectivity index (χ2v) is 10.8. The molecule has 2 heterocycles. The Morgan fingerprint density at radius 1 is 1.16 bits per heavy atom. The van der Waals surface area contributed by atoms with Crippen molar-refractivity contribution in [2.24, 2.45) is 17.8 Å². The molecule has 8 heteroatoms. The molecule has 3 aliphatic rings. The molecule has 2 aliphatic carbocycles. The molecule has 0 unspecified atom stereocenters. The number of Topliss-reactive ketones (excluding diaryl/α,β-unsaturated/α-hetero) is 1. The van der Waals surface area contributed by atoms with Crippen LogP contribution in [0.2, 0.25) is 10.0 Å². The minimum atomic E-state index is -0.129. The van der Waals surface area contributed by atoms with E-state index >= 15 is 0 Å². The molecule has 5 rings (SSSR count). The maximum atomic E-state index is 13.8. The van der Waals surface area contributed by atoms with Gasteiger partial charge >= 0.3 is 0 Å². The number of benzene rings is 1. The van der Waals surface area contributed by atoms with Crippen LogP contribution in [-0.2, 0) is 14.3 Å². The van der Waals surface area contributed by atoms with Crippen LogP contribution >= 0.6 is 34.5 Å². The van der Waals surface area contributed by atoms with Crippen LogP contribution in [0.15, 0.2) is 23.6 Å². The predicted octanol–water partition coefficient (Wildman–Crippen LogP) is 6.02. The lowest BCUT2D eigenvalue weighted by molar-refractivity contribution is -0.136. The Labute approximate surface area is 202 Å². The highest BCUT2D eigenvalue weighted by Gasteiger charge is 2.43. The van der Waals surface area contributed by atoms with Gasteiger partial charge in [-0.15, -0.1) is 11.3 Å². The number of ketones is 1. The monoisotopic (exact) mass is 492 g/mol. The smallest absolute Gasteiger partial charge is 0.232 e. The molecular formula is C24H26Cl2N2O3S. The molecule has 5 nitrogen and oxygen atoms in total. The molecule has 1 aromatic carbocycles. The minimum Gasteiger partial charge on any atom is -0.376 e. The van der Waals surface area contributed by atoms with E-state index < -0.39 is 0 Å². The highest BCUT2D eigenvalue weighted by Crippen LogP contribution is 2.42. The molecule has 0 spiro atoms. The van der Waals surface area contributed by atoms with E-state index in [0.717, 1.165) is 50.0 Å². The summed E-state index contributed by atoms with van der Waals surface area (Å²) in [6.07, 6.45) is 6.24. The fourth-order valence-corrected chi connectivity index (χ4v) is 6.71. The number of anilines is 1. The number of carbonyl (C=O) groups is 2. The molecule has 1 amide bonds. The number of carbonyl (C=O) groups excluding carboxylic acids is 2. The van der Waals surface area contributed by atoms with Crippen LogP contribution in [0.1, 0.15) is 44.9 Å². The molecule has 32 heavy (non-hydrogen) atoms. The maximum Gasteiger partial charge on any atom is 0.232 e. The number of hydrogen-bond acceptors (Lipinski definition) is 5. The molecule has 2 aromatic rings. The van der Waals surface area contributed by atoms with E-state index in [1.54, 1.807) is 12.1 Å². The van der Waals surface area contributed by atoms with E-state index in [0.29, 0.717) is 40.3 Å². The lowest BCUT2D eigenvalue weighted by Gasteiger charge is -2.38. The van der Waals surface area contributed by atoms with Crippen molar-refractivity contribution in [2.45, 2.75) is 51.0 Å². The fourth-order valence-electron chi connectivity index (χ4n) is 5.37. The van der Waals surface area contributed by atoms with Crippen LogP contribution < -0.4 is 4.90 Å². The van der Waals surface area contributed by atoms with Crippen LogP contribution in [0.5, 0.6) is 0 Å². The Kier molecular flexibility index (Phi) is 6.57. The summed E-state index contributed by atoms with van der Waals surface area (Å²) in [6, 6.07) is 5.34. The van der Waals surface area contributed by atoms with E-state index in [1.165, 1.54) is 11.3 Å². The zero-order valence-corrected chi connectivity index (χ0v) is 20.1. The van der Waals surface area contributed by atoms with Gasteiger partial charge < -0.3 is 4.74 Å². The van der Waals surface area contributed by atoms with Gasteiger partial charge in [-0.3, -0.25) is 14.5 Å². The molecule has 3 atom stereocenters. The number of amides is 1. The highest BCUT2D eigenvalue weighted by atomic mass is 35.5. The van der Waals surface area contributed by atoms with E-state index in [2.05, 4.69) is 0 Å². The van der Waals surface area contributed by atoms with Crippen LogP contribution in [0.3, 0.4) is 0 Å². The summed E-state index contributed by atoms with van der Waals surface area (Å²) in [5.74, 6) is 0.408. The Hall–Kier alpha value is -1.47. The van der Waals surface area contributed by atoms with Crippen molar-refractivity contribution < 1.29 is 14.3 Å². The zero-order valence-electron chi connectivity index (χ0n) is 17.8. The second kappa shape index (κ2) is 9.41. The van der Waals surface area contributed by atoms with Gasteiger partial charge in [0.05, 0.1) is 23.4 Å². The first-order chi connectivity index (χ1) is 15.5. The molecule has 1 aliphatic heterocycles. The van der Waals surface area contributed by atoms with Gasteiger partial charge in [0.1, 0.15) is 5.78 Å². The van der Waals surface area contributed by atoms with Gasteiger partial charge in [-0.25, -0.2) is 4.98 Å². The van der Waals surface area contributed by atoms with Crippen molar-refractivity contribution in [2.75, 3.05) is 18.1 Å². The standard InChI is InChI=1S/C24H26Cl2N2O3S/c25-17-6-7-19(20(26)11-17)21-13-32-24(27-21)28(12-18-5-2-8-31-18)23(30)16-9-14-3-1-4-15(10-16)22(14)29/h6-7,11,13-16,18H,1-5,8-10,12H2/t14-,15-,18+/m0/s1. The third-order valence-electron chi connectivity index (χ3n) is 7.00. The predicted molar refractivity (Wildman–Crippen MR) is 127 cm³/mol. The fraction of sp³-hybridized carbons (Fsp3) is 0.542. The van der Waals surface area contributed by atoms with E-state index in [1.807, 2.05) is 16.3 Å². The van der Waals surface area contributed by atoms with E-state index in [-0.39, 0.29) is 29.8 Å². The number of ether oxygens (including phenoxy) is 1. The highest BCUT2D eigenvalue weighted by molar-refractivity contribution is 7.14. The van der Waals surface area contributed by atoms with Crippen LogP contribution in [-0.4, -0.2) is 35.9 Å². The van der Waals surface area contributed by atoms with Gasteiger partial charge in [-0.2, -0.15) is 0 Å². The first-order valence-electron chi connectivity index (χ1n) is 11.4. The van der Waals surface area contributed by atoms with Crippen LogP contribution in [0.25, 0.3) is 11.3 Å². The first-order valence-corrected chi connectivity index (χ1v) is 13.0. The number of halogens is 2. The normalized spacial score (nSPS) is 27.5. The van der Waals surface area contributed by atoms with Crippen LogP contribution in [0.4, 0.5) is 5.13 Å². The molecule has 1 aromatic heterocycles. The third kappa shape index (κ3) is 4.47. The quantitative estimate of drug-likeness (QED) is 0.511. The molecule has 1 saturated heterocycles. The van der Waals surface area contributed by atoms with Crippen molar-refractivity contribution in [3.8, 4) is 11.3 Å². The van der Waals surface area contributed by atoms with Gasteiger partial charge in [0, 0.05) is 40.3 Å². The Balaban J connectivity index is 1.42. The molecule has 2 bridgehead atoms. The van der Waals surface area contributed by atoms with Gasteiger partial charge in [0.15, 0.2) is 5.13 Å². The van der Waals surface area contributed by atoms with Crippen molar-refractivity contribution >= 4 is 51.4 Å². The summed E-state index contributed by atoms with van der Waals surface area (Å²) in [5, 5.41) is 3.69. The summed E-state index contributed by atoms with van der Waals surface area (Å²) in [6.45, 7) is 1.23. The van der Waals surface area contributed by atoms with Gasteiger partial charge in [0.2, 0.25) is 5.91 Å². The number of fused-ring (bicyclic) bond motifs is 2. The average Bonchev–Trinajstić information content (AvgIpc) is 3.43. The molecule has 0 radical (unpaired) electrons. The van der Waals surface area contributed by atoms with Gasteiger partial charge in [-0.1, -0.05) is 29.6 Å². The number of hydrogen-bond donors (Lipinski definition) is 0. The number of aromatic nitrogens is 1. The van der Waals surface area contributed by atoms with Crippen molar-refractivity contribution in [1.82, 2.24) is 4.98 Å². The summed E-state index contributed by atoms with van der Waals surface area (Å²) < 4.78 is 5.85. The average molecular weight is 493 g/mol. The zero-order chi connectivity index (χ0) is 22.2. The lowest BCUT2D eigenvalue weighted by atomic mass is 9.67. The van der Waals surface area contributed by atoms with Gasteiger partial charge in [0.25, 0.3) is 0 Å². The first kappa shape index (κ1) is 22.3. The molecule has 0 N–H and O–H groups in total. The number of nitrogens with zero attached hydrogens (tertiary/aromatic N) is 2. The van der Waals surface area contributed by atoms with Crippen molar-refractivity contribution in [3.05, 3.63) is 33.6 Å². The SMILES string of the molecule is O=C1[C@H]2CCC[C@H]1CC(C(=O)N(C[C@H]1CCCO1)c1nc(-c3ccc(Cl)cc3Cl)cs1)C2. The Morgan fingerprint density at radius 3 is 2.62 bits per heavy atom. The van der Waals surface area contributed by atoms with Crippen molar-refractivity contribution in [1.29, 1.82) is 0 Å². The molecule has 3 fully saturated rings. The Morgan fingerprint density at radius 2 is 1.94 bits per heavy atom. The maximum absolute atomic E-state index is 13.8. The summed E-state index contributed by atoms with van der Waals surface area (Å²) >= 11 is 13.9. The second-order valence-electron chi connectivity index (χ2n) is 9.12. The lowest BCUT2D eigenvalue weighted by Crippen LogP contribution is -2.46. The largest absolute Gasteiger partial charge is 0.376 e. The van der Waals surface area contributed by atoms with Crippen molar-refractivity contribution in [3.63, 3.8) is 0 Å².